The molecule has 2 heterocycles. The summed E-state index contributed by atoms with van der Waals surface area (Å²) in [6.45, 7) is 4.28. The lowest BCUT2D eigenvalue weighted by Gasteiger charge is -2.04. The van der Waals surface area contributed by atoms with Crippen molar-refractivity contribution < 1.29 is 0 Å². The van der Waals surface area contributed by atoms with E-state index in [2.05, 4.69) is 29.9 Å². The molecule has 0 aliphatic carbocycles. The van der Waals surface area contributed by atoms with E-state index in [1.54, 1.807) is 23.6 Å². The Morgan fingerprint density at radius 3 is 2.69 bits per heavy atom. The number of rotatable bonds is 2. The number of thiazole rings is 1. The molecule has 80 valence electrons. The van der Waals surface area contributed by atoms with Crippen molar-refractivity contribution in [3.63, 3.8) is 0 Å². The Bertz CT molecular complexity index is 520. The van der Waals surface area contributed by atoms with Crippen molar-refractivity contribution in [1.29, 1.82) is 5.26 Å². The number of hydrogen-bond donors (Lipinski definition) is 0. The number of nitriles is 1. The molecule has 0 bridgehead atoms. The number of nitrogens with zero attached hydrogens (tertiary/aromatic N) is 3. The summed E-state index contributed by atoms with van der Waals surface area (Å²) >= 11 is 1.65. The molecule has 0 saturated carbocycles. The fourth-order valence-corrected chi connectivity index (χ4v) is 2.27. The van der Waals surface area contributed by atoms with Crippen molar-refractivity contribution >= 4 is 11.3 Å². The summed E-state index contributed by atoms with van der Waals surface area (Å²) in [6.07, 6.45) is 1.58. The highest BCUT2D eigenvalue weighted by atomic mass is 32.1. The largest absolute Gasteiger partial charge is 0.253 e. The van der Waals surface area contributed by atoms with E-state index in [1.165, 1.54) is 4.88 Å². The molecule has 0 saturated heterocycles. The normalized spacial score (nSPS) is 10.4. The van der Waals surface area contributed by atoms with Gasteiger partial charge in [0.15, 0.2) is 0 Å². The van der Waals surface area contributed by atoms with Crippen LogP contribution >= 0.6 is 11.3 Å². The van der Waals surface area contributed by atoms with Gasteiger partial charge in [0.25, 0.3) is 0 Å². The van der Waals surface area contributed by atoms with Gasteiger partial charge in [0, 0.05) is 11.1 Å². The second-order valence-electron chi connectivity index (χ2n) is 3.76. The van der Waals surface area contributed by atoms with Gasteiger partial charge in [0.05, 0.1) is 16.8 Å². The first kappa shape index (κ1) is 10.8. The van der Waals surface area contributed by atoms with E-state index in [1.807, 2.05) is 11.6 Å². The lowest BCUT2D eigenvalue weighted by molar-refractivity contribution is 0.886. The van der Waals surface area contributed by atoms with Crippen molar-refractivity contribution in [3.05, 3.63) is 34.3 Å². The third-order valence-corrected chi connectivity index (χ3v) is 3.38. The van der Waals surface area contributed by atoms with Crippen LogP contribution in [0, 0.1) is 11.3 Å². The molecule has 0 aromatic carbocycles. The van der Waals surface area contributed by atoms with Crippen LogP contribution in [0.1, 0.15) is 30.2 Å². The van der Waals surface area contributed by atoms with E-state index in [-0.39, 0.29) is 0 Å². The Morgan fingerprint density at radius 2 is 2.12 bits per heavy atom. The Hall–Kier alpha value is -1.73. The second-order valence-corrected chi connectivity index (χ2v) is 4.65. The van der Waals surface area contributed by atoms with E-state index < -0.39 is 0 Å². The molecule has 2 aromatic rings. The van der Waals surface area contributed by atoms with Gasteiger partial charge in [-0.1, -0.05) is 13.8 Å². The first-order chi connectivity index (χ1) is 7.72. The van der Waals surface area contributed by atoms with Crippen LogP contribution in [-0.2, 0) is 0 Å². The maximum Gasteiger partial charge on any atom is 0.103 e. The van der Waals surface area contributed by atoms with Crippen LogP contribution in [0.5, 0.6) is 0 Å². The summed E-state index contributed by atoms with van der Waals surface area (Å²) < 4.78 is 0. The average Bonchev–Trinajstić information content (AvgIpc) is 2.78. The minimum atomic E-state index is 0.444. The third kappa shape index (κ3) is 1.95. The number of hydrogen-bond acceptors (Lipinski definition) is 4. The van der Waals surface area contributed by atoms with Crippen LogP contribution in [0.3, 0.4) is 0 Å². The SMILES string of the molecule is CC(C)c1scnc1-c1ccc(C#N)cn1. The molecule has 16 heavy (non-hydrogen) atoms. The Morgan fingerprint density at radius 1 is 1.31 bits per heavy atom. The van der Waals surface area contributed by atoms with Crippen molar-refractivity contribution in [2.75, 3.05) is 0 Å². The highest BCUT2D eigenvalue weighted by Gasteiger charge is 2.12. The molecule has 0 atom stereocenters. The van der Waals surface area contributed by atoms with Crippen LogP contribution < -0.4 is 0 Å². The summed E-state index contributed by atoms with van der Waals surface area (Å²) in [6, 6.07) is 5.67. The van der Waals surface area contributed by atoms with E-state index in [0.717, 1.165) is 11.4 Å². The quantitative estimate of drug-likeness (QED) is 0.794. The molecular weight excluding hydrogens is 218 g/mol. The molecule has 3 nitrogen and oxygen atoms in total. The van der Waals surface area contributed by atoms with Gasteiger partial charge >= 0.3 is 0 Å². The van der Waals surface area contributed by atoms with Crippen LogP contribution in [0.25, 0.3) is 11.4 Å². The van der Waals surface area contributed by atoms with Crippen molar-refractivity contribution in [3.8, 4) is 17.5 Å². The summed E-state index contributed by atoms with van der Waals surface area (Å²) in [5, 5.41) is 8.70. The van der Waals surface area contributed by atoms with E-state index >= 15 is 0 Å². The average molecular weight is 229 g/mol. The molecule has 2 rings (SSSR count). The molecule has 0 radical (unpaired) electrons. The molecule has 0 amide bonds. The lowest BCUT2D eigenvalue weighted by atomic mass is 10.1. The van der Waals surface area contributed by atoms with Crippen molar-refractivity contribution in [2.45, 2.75) is 19.8 Å². The highest BCUT2D eigenvalue weighted by molar-refractivity contribution is 7.10. The van der Waals surface area contributed by atoms with Crippen LogP contribution in [0.2, 0.25) is 0 Å². The molecule has 2 aromatic heterocycles. The van der Waals surface area contributed by atoms with Gasteiger partial charge in [-0.2, -0.15) is 5.26 Å². The predicted molar refractivity (Wildman–Crippen MR) is 64.1 cm³/mol. The lowest BCUT2D eigenvalue weighted by Crippen LogP contribution is -1.91. The molecule has 0 unspecified atom stereocenters. The molecule has 0 aliphatic rings. The van der Waals surface area contributed by atoms with Crippen molar-refractivity contribution in [2.24, 2.45) is 0 Å². The zero-order chi connectivity index (χ0) is 11.5. The molecule has 4 heteroatoms. The second kappa shape index (κ2) is 4.42. The smallest absolute Gasteiger partial charge is 0.103 e. The van der Waals surface area contributed by atoms with Gasteiger partial charge in [-0.15, -0.1) is 11.3 Å². The fraction of sp³-hybridized carbons (Fsp3) is 0.250. The van der Waals surface area contributed by atoms with Crippen LogP contribution in [-0.4, -0.2) is 9.97 Å². The van der Waals surface area contributed by atoms with Gasteiger partial charge in [0.1, 0.15) is 11.8 Å². The monoisotopic (exact) mass is 229 g/mol. The first-order valence-electron chi connectivity index (χ1n) is 5.02. The molecule has 0 spiro atoms. The predicted octanol–water partition coefficient (Wildman–Crippen LogP) is 3.20. The highest BCUT2D eigenvalue weighted by Crippen LogP contribution is 2.30. The Kier molecular flexibility index (Phi) is 2.97. The molecular formula is C12H11N3S. The molecule has 0 fully saturated rings. The van der Waals surface area contributed by atoms with Gasteiger partial charge in [0.2, 0.25) is 0 Å². The maximum absolute atomic E-state index is 8.70. The molecule has 0 aliphatic heterocycles. The fourth-order valence-electron chi connectivity index (χ4n) is 1.46. The first-order valence-corrected chi connectivity index (χ1v) is 5.90. The zero-order valence-corrected chi connectivity index (χ0v) is 9.95. The van der Waals surface area contributed by atoms with Gasteiger partial charge < -0.3 is 0 Å². The Labute approximate surface area is 98.4 Å². The molecule has 0 N–H and O–H groups in total. The minimum Gasteiger partial charge on any atom is -0.253 e. The zero-order valence-electron chi connectivity index (χ0n) is 9.14. The van der Waals surface area contributed by atoms with Crippen LogP contribution in [0.15, 0.2) is 23.8 Å². The number of aromatic nitrogens is 2. The van der Waals surface area contributed by atoms with E-state index in [9.17, 15) is 0 Å². The summed E-state index contributed by atoms with van der Waals surface area (Å²) in [5.41, 5.74) is 4.18. The standard InChI is InChI=1S/C12H11N3S/c1-8(2)12-11(15-7-16-12)10-4-3-9(5-13)6-14-10/h3-4,6-8H,1-2H3. The summed E-state index contributed by atoms with van der Waals surface area (Å²) in [5.74, 6) is 0.444. The maximum atomic E-state index is 8.70. The van der Waals surface area contributed by atoms with Crippen molar-refractivity contribution in [1.82, 2.24) is 9.97 Å². The summed E-state index contributed by atoms with van der Waals surface area (Å²) in [4.78, 5) is 9.83. The van der Waals surface area contributed by atoms with Gasteiger partial charge in [-0.25, -0.2) is 4.98 Å². The topological polar surface area (TPSA) is 49.6 Å². The van der Waals surface area contributed by atoms with Crippen LogP contribution in [0.4, 0.5) is 0 Å². The van der Waals surface area contributed by atoms with E-state index in [4.69, 9.17) is 5.26 Å². The van der Waals surface area contributed by atoms with Gasteiger partial charge in [-0.3, -0.25) is 4.98 Å². The van der Waals surface area contributed by atoms with Gasteiger partial charge in [-0.05, 0) is 18.1 Å². The minimum absolute atomic E-state index is 0.444. The number of pyridine rings is 1. The Balaban J connectivity index is 2.43. The summed E-state index contributed by atoms with van der Waals surface area (Å²) in [7, 11) is 0. The van der Waals surface area contributed by atoms with E-state index in [0.29, 0.717) is 11.5 Å². The third-order valence-electron chi connectivity index (χ3n) is 2.25.